The Labute approximate surface area is 143 Å². The molecule has 1 aromatic heterocycles. The van der Waals surface area contributed by atoms with Crippen LogP contribution >= 0.6 is 0 Å². The molecule has 0 radical (unpaired) electrons. The van der Waals surface area contributed by atoms with Crippen LogP contribution in [0.3, 0.4) is 0 Å². The summed E-state index contributed by atoms with van der Waals surface area (Å²) in [5.74, 6) is -0.629. The van der Waals surface area contributed by atoms with Gasteiger partial charge in [0.05, 0.1) is 10.4 Å². The van der Waals surface area contributed by atoms with Gasteiger partial charge in [0.1, 0.15) is 0 Å². The van der Waals surface area contributed by atoms with E-state index in [0.29, 0.717) is 23.3 Å². The highest BCUT2D eigenvalue weighted by atomic mass is 32.2. The van der Waals surface area contributed by atoms with Gasteiger partial charge in [-0.3, -0.25) is 14.1 Å². The van der Waals surface area contributed by atoms with Gasteiger partial charge in [-0.15, -0.1) is 0 Å². The molecule has 7 nitrogen and oxygen atoms in total. The van der Waals surface area contributed by atoms with Gasteiger partial charge in [0, 0.05) is 23.9 Å². The molecule has 1 heterocycles. The van der Waals surface area contributed by atoms with Crippen molar-refractivity contribution in [1.82, 2.24) is 4.57 Å². The van der Waals surface area contributed by atoms with Crippen LogP contribution in [-0.2, 0) is 16.6 Å². The molecule has 8 heteroatoms. The number of rotatable bonds is 5. The highest BCUT2D eigenvalue weighted by molar-refractivity contribution is 7.92. The number of aromatic nitrogens is 1. The van der Waals surface area contributed by atoms with Crippen molar-refractivity contribution in [1.29, 1.82) is 0 Å². The van der Waals surface area contributed by atoms with E-state index in [-0.39, 0.29) is 16.3 Å². The van der Waals surface area contributed by atoms with Gasteiger partial charge in [-0.2, -0.15) is 0 Å². The third-order valence-electron chi connectivity index (χ3n) is 3.81. The number of oxazole rings is 1. The quantitative estimate of drug-likeness (QED) is 0.705. The van der Waals surface area contributed by atoms with Gasteiger partial charge in [0.15, 0.2) is 11.4 Å². The minimum atomic E-state index is -3.85. The van der Waals surface area contributed by atoms with Crippen LogP contribution in [0.1, 0.15) is 24.2 Å². The van der Waals surface area contributed by atoms with Gasteiger partial charge < -0.3 is 4.42 Å². The zero-order valence-corrected chi connectivity index (χ0v) is 14.5. The normalized spacial score (nSPS) is 11.6. The average molecular weight is 360 g/mol. The summed E-state index contributed by atoms with van der Waals surface area (Å²) < 4.78 is 34.0. The molecule has 2 aromatic carbocycles. The first kappa shape index (κ1) is 17.0. The molecule has 0 aliphatic rings. The molecule has 1 N–H and O–H groups in total. The van der Waals surface area contributed by atoms with Crippen molar-refractivity contribution >= 4 is 32.6 Å². The van der Waals surface area contributed by atoms with Crippen molar-refractivity contribution in [3.8, 4) is 0 Å². The molecular formula is C17H16N2O5S. The number of Topliss-reactive ketones (excluding diaryl/α,β-unsaturated/α-hetero) is 1. The van der Waals surface area contributed by atoms with E-state index in [1.807, 2.05) is 0 Å². The van der Waals surface area contributed by atoms with Gasteiger partial charge >= 0.3 is 5.76 Å². The van der Waals surface area contributed by atoms with Crippen molar-refractivity contribution in [2.24, 2.45) is 0 Å². The second-order valence-electron chi connectivity index (χ2n) is 5.48. The second-order valence-corrected chi connectivity index (χ2v) is 7.16. The van der Waals surface area contributed by atoms with Gasteiger partial charge in [-0.05, 0) is 50.2 Å². The highest BCUT2D eigenvalue weighted by Gasteiger charge is 2.17. The first-order chi connectivity index (χ1) is 11.8. The van der Waals surface area contributed by atoms with E-state index < -0.39 is 15.8 Å². The number of aryl methyl sites for hydroxylation is 1. The summed E-state index contributed by atoms with van der Waals surface area (Å²) in [6.07, 6.45) is 0. The molecule has 0 atom stereocenters. The van der Waals surface area contributed by atoms with Crippen LogP contribution in [0.25, 0.3) is 11.1 Å². The second kappa shape index (κ2) is 6.21. The van der Waals surface area contributed by atoms with Crippen LogP contribution in [0.15, 0.2) is 56.6 Å². The third kappa shape index (κ3) is 3.20. The van der Waals surface area contributed by atoms with Crippen molar-refractivity contribution in [3.05, 3.63) is 58.6 Å². The molecule has 0 bridgehead atoms. The SMILES string of the molecule is CCn1c(=O)oc2cc(S(=O)(=O)Nc3ccc(C(C)=O)cc3)ccc21. The van der Waals surface area contributed by atoms with Gasteiger partial charge in [-0.1, -0.05) is 0 Å². The number of hydrogen-bond donors (Lipinski definition) is 1. The van der Waals surface area contributed by atoms with Crippen LogP contribution < -0.4 is 10.5 Å². The molecule has 0 unspecified atom stereocenters. The monoisotopic (exact) mass is 360 g/mol. The van der Waals surface area contributed by atoms with E-state index in [2.05, 4.69) is 4.72 Å². The molecule has 0 aliphatic heterocycles. The number of carbonyl (C=O) groups is 1. The highest BCUT2D eigenvalue weighted by Crippen LogP contribution is 2.21. The van der Waals surface area contributed by atoms with Crippen molar-refractivity contribution < 1.29 is 17.6 Å². The third-order valence-corrected chi connectivity index (χ3v) is 5.19. The first-order valence-corrected chi connectivity index (χ1v) is 9.07. The number of ketones is 1. The largest absolute Gasteiger partial charge is 0.419 e. The van der Waals surface area contributed by atoms with E-state index in [4.69, 9.17) is 4.42 Å². The molecular weight excluding hydrogens is 344 g/mol. The average Bonchev–Trinajstić information content (AvgIpc) is 2.89. The minimum absolute atomic E-state index is 0.0207. The molecule has 0 amide bonds. The summed E-state index contributed by atoms with van der Waals surface area (Å²) >= 11 is 0. The summed E-state index contributed by atoms with van der Waals surface area (Å²) in [6.45, 7) is 3.66. The fourth-order valence-corrected chi connectivity index (χ4v) is 3.57. The van der Waals surface area contributed by atoms with E-state index in [0.717, 1.165) is 0 Å². The number of carbonyl (C=O) groups excluding carboxylic acids is 1. The molecule has 0 saturated carbocycles. The van der Waals surface area contributed by atoms with Gasteiger partial charge in [0.2, 0.25) is 0 Å². The molecule has 130 valence electrons. The zero-order valence-electron chi connectivity index (χ0n) is 13.6. The lowest BCUT2D eigenvalue weighted by atomic mass is 10.1. The summed E-state index contributed by atoms with van der Waals surface area (Å²) in [6, 6.07) is 10.4. The Bertz CT molecular complexity index is 1110. The molecule has 0 fully saturated rings. The number of nitrogens with zero attached hydrogens (tertiary/aromatic N) is 1. The van der Waals surface area contributed by atoms with Crippen molar-refractivity contribution in [2.45, 2.75) is 25.3 Å². The maximum atomic E-state index is 12.5. The number of nitrogens with one attached hydrogen (secondary N) is 1. The lowest BCUT2D eigenvalue weighted by Crippen LogP contribution is -2.13. The maximum Gasteiger partial charge on any atom is 0.419 e. The topological polar surface area (TPSA) is 98.4 Å². The lowest BCUT2D eigenvalue weighted by molar-refractivity contribution is 0.101. The molecule has 0 saturated heterocycles. The van der Waals surface area contributed by atoms with E-state index >= 15 is 0 Å². The predicted molar refractivity (Wildman–Crippen MR) is 93.4 cm³/mol. The maximum absolute atomic E-state index is 12.5. The first-order valence-electron chi connectivity index (χ1n) is 7.59. The lowest BCUT2D eigenvalue weighted by Gasteiger charge is -2.08. The molecule has 25 heavy (non-hydrogen) atoms. The number of fused-ring (bicyclic) bond motifs is 1. The Balaban J connectivity index is 1.95. The fourth-order valence-electron chi connectivity index (χ4n) is 2.50. The van der Waals surface area contributed by atoms with Crippen LogP contribution in [0.4, 0.5) is 5.69 Å². The molecule has 0 aliphatic carbocycles. The standard InChI is InChI=1S/C17H16N2O5S/c1-3-19-15-9-8-14(10-16(15)24-17(19)21)25(22,23)18-13-6-4-12(5-7-13)11(2)20/h4-10,18H,3H2,1-2H3. The summed E-state index contributed by atoms with van der Waals surface area (Å²) in [5.41, 5.74) is 1.57. The predicted octanol–water partition coefficient (Wildman–Crippen LogP) is 2.62. The van der Waals surface area contributed by atoms with Gasteiger partial charge in [-0.25, -0.2) is 13.2 Å². The number of hydrogen-bond acceptors (Lipinski definition) is 5. The fraction of sp³-hybridized carbons (Fsp3) is 0.176. The molecule has 3 aromatic rings. The van der Waals surface area contributed by atoms with E-state index in [1.54, 1.807) is 19.1 Å². The zero-order chi connectivity index (χ0) is 18.2. The van der Waals surface area contributed by atoms with Crippen LogP contribution in [-0.4, -0.2) is 18.8 Å². The smallest absolute Gasteiger partial charge is 0.408 e. The van der Waals surface area contributed by atoms with E-state index in [9.17, 15) is 18.0 Å². The molecule has 3 rings (SSSR count). The van der Waals surface area contributed by atoms with Crippen LogP contribution in [0.5, 0.6) is 0 Å². The molecule has 0 spiro atoms. The Morgan fingerprint density at radius 2 is 1.84 bits per heavy atom. The Kier molecular flexibility index (Phi) is 4.22. The van der Waals surface area contributed by atoms with Crippen LogP contribution in [0, 0.1) is 0 Å². The van der Waals surface area contributed by atoms with Crippen LogP contribution in [0.2, 0.25) is 0 Å². The van der Waals surface area contributed by atoms with Gasteiger partial charge in [0.25, 0.3) is 10.0 Å². The summed E-state index contributed by atoms with van der Waals surface area (Å²) in [7, 11) is -3.85. The minimum Gasteiger partial charge on any atom is -0.408 e. The summed E-state index contributed by atoms with van der Waals surface area (Å²) in [5, 5.41) is 0. The number of sulfonamides is 1. The Morgan fingerprint density at radius 3 is 2.44 bits per heavy atom. The number of benzene rings is 2. The Morgan fingerprint density at radius 1 is 1.16 bits per heavy atom. The summed E-state index contributed by atoms with van der Waals surface area (Å²) in [4.78, 5) is 23.0. The van der Waals surface area contributed by atoms with Crippen molar-refractivity contribution in [2.75, 3.05) is 4.72 Å². The Hall–Kier alpha value is -2.87. The number of anilines is 1. The van der Waals surface area contributed by atoms with Crippen molar-refractivity contribution in [3.63, 3.8) is 0 Å². The van der Waals surface area contributed by atoms with E-state index in [1.165, 1.54) is 41.8 Å².